The molecule has 1 heterocycles. The van der Waals surface area contributed by atoms with E-state index in [2.05, 4.69) is 17.5 Å². The Bertz CT molecular complexity index is 718. The van der Waals surface area contributed by atoms with Crippen LogP contribution in [0.1, 0.15) is 17.2 Å². The standard InChI is InChI=1S/C17H16O2S/c1-19-16-8-4-2-7-14(16)15(18)10-12-11-20-17-9-5-3-6-13(12)17/h2-9,11,15,18H,10H2,1H3. The summed E-state index contributed by atoms with van der Waals surface area (Å²) in [5.74, 6) is 0.736. The number of hydrogen-bond donors (Lipinski definition) is 1. The molecule has 0 aliphatic carbocycles. The molecule has 0 saturated carbocycles. The molecule has 0 fully saturated rings. The van der Waals surface area contributed by atoms with Gasteiger partial charge in [-0.15, -0.1) is 11.3 Å². The normalized spacial score (nSPS) is 12.5. The number of rotatable bonds is 4. The summed E-state index contributed by atoms with van der Waals surface area (Å²) in [7, 11) is 1.63. The molecule has 0 spiro atoms. The van der Waals surface area contributed by atoms with Gasteiger partial charge in [-0.2, -0.15) is 0 Å². The number of aliphatic hydroxyl groups excluding tert-OH is 1. The van der Waals surface area contributed by atoms with Crippen molar-refractivity contribution in [2.75, 3.05) is 7.11 Å². The van der Waals surface area contributed by atoms with Gasteiger partial charge in [-0.05, 0) is 28.5 Å². The molecule has 0 saturated heterocycles. The fourth-order valence-corrected chi connectivity index (χ4v) is 3.43. The summed E-state index contributed by atoms with van der Waals surface area (Å²) in [6, 6.07) is 15.9. The highest BCUT2D eigenvalue weighted by Gasteiger charge is 2.15. The molecule has 3 heteroatoms. The van der Waals surface area contributed by atoms with Gasteiger partial charge in [0.1, 0.15) is 5.75 Å². The van der Waals surface area contributed by atoms with Gasteiger partial charge in [0.25, 0.3) is 0 Å². The third-order valence-corrected chi connectivity index (χ3v) is 4.48. The topological polar surface area (TPSA) is 29.5 Å². The summed E-state index contributed by atoms with van der Waals surface area (Å²) in [6.45, 7) is 0. The highest BCUT2D eigenvalue weighted by molar-refractivity contribution is 7.17. The quantitative estimate of drug-likeness (QED) is 0.778. The van der Waals surface area contributed by atoms with Crippen LogP contribution in [0.2, 0.25) is 0 Å². The van der Waals surface area contributed by atoms with Crippen molar-refractivity contribution < 1.29 is 9.84 Å². The maximum absolute atomic E-state index is 10.5. The fraction of sp³-hybridized carbons (Fsp3) is 0.176. The average Bonchev–Trinajstić information content (AvgIpc) is 2.90. The molecule has 0 radical (unpaired) electrons. The highest BCUT2D eigenvalue weighted by atomic mass is 32.1. The first-order chi connectivity index (χ1) is 9.79. The van der Waals surface area contributed by atoms with Crippen LogP contribution in [0, 0.1) is 0 Å². The second-order valence-electron chi connectivity index (χ2n) is 4.72. The zero-order valence-corrected chi connectivity index (χ0v) is 12.1. The van der Waals surface area contributed by atoms with Gasteiger partial charge in [0.05, 0.1) is 13.2 Å². The van der Waals surface area contributed by atoms with Crippen molar-refractivity contribution >= 4 is 21.4 Å². The zero-order chi connectivity index (χ0) is 13.9. The highest BCUT2D eigenvalue weighted by Crippen LogP contribution is 2.32. The molecular weight excluding hydrogens is 268 g/mol. The van der Waals surface area contributed by atoms with Gasteiger partial charge in [-0.25, -0.2) is 0 Å². The largest absolute Gasteiger partial charge is 0.496 e. The smallest absolute Gasteiger partial charge is 0.124 e. The van der Waals surface area contributed by atoms with E-state index in [1.165, 1.54) is 15.6 Å². The molecule has 1 atom stereocenters. The third-order valence-electron chi connectivity index (χ3n) is 3.47. The first-order valence-electron chi connectivity index (χ1n) is 6.55. The minimum atomic E-state index is -0.552. The first kappa shape index (κ1) is 13.2. The second-order valence-corrected chi connectivity index (χ2v) is 5.63. The maximum Gasteiger partial charge on any atom is 0.124 e. The minimum Gasteiger partial charge on any atom is -0.496 e. The summed E-state index contributed by atoms with van der Waals surface area (Å²) in [5, 5.41) is 13.8. The number of fused-ring (bicyclic) bond motifs is 1. The lowest BCUT2D eigenvalue weighted by Gasteiger charge is -2.14. The summed E-state index contributed by atoms with van der Waals surface area (Å²) in [5.41, 5.74) is 2.02. The molecule has 3 aromatic rings. The van der Waals surface area contributed by atoms with E-state index in [1.54, 1.807) is 18.4 Å². The van der Waals surface area contributed by atoms with E-state index in [4.69, 9.17) is 4.74 Å². The van der Waals surface area contributed by atoms with E-state index in [-0.39, 0.29) is 0 Å². The molecule has 3 rings (SSSR count). The first-order valence-corrected chi connectivity index (χ1v) is 7.43. The number of benzene rings is 2. The van der Waals surface area contributed by atoms with Crippen molar-refractivity contribution in [2.45, 2.75) is 12.5 Å². The molecule has 0 aliphatic heterocycles. The van der Waals surface area contributed by atoms with Gasteiger partial charge in [-0.3, -0.25) is 0 Å². The number of ether oxygens (including phenoxy) is 1. The number of para-hydroxylation sites is 1. The maximum atomic E-state index is 10.5. The van der Waals surface area contributed by atoms with Crippen molar-refractivity contribution in [3.63, 3.8) is 0 Å². The predicted molar refractivity (Wildman–Crippen MR) is 83.5 cm³/mol. The second kappa shape index (κ2) is 5.65. The van der Waals surface area contributed by atoms with E-state index >= 15 is 0 Å². The Hall–Kier alpha value is -1.84. The van der Waals surface area contributed by atoms with Crippen LogP contribution >= 0.6 is 11.3 Å². The number of thiophene rings is 1. The molecule has 0 bridgehead atoms. The van der Waals surface area contributed by atoms with Gasteiger partial charge in [0, 0.05) is 16.7 Å². The molecule has 1 unspecified atom stereocenters. The monoisotopic (exact) mass is 284 g/mol. The summed E-state index contributed by atoms with van der Waals surface area (Å²) >= 11 is 1.72. The zero-order valence-electron chi connectivity index (χ0n) is 11.2. The van der Waals surface area contributed by atoms with Crippen LogP contribution in [0.15, 0.2) is 53.9 Å². The van der Waals surface area contributed by atoms with Crippen molar-refractivity contribution in [2.24, 2.45) is 0 Å². The summed E-state index contributed by atoms with van der Waals surface area (Å²) in [6.07, 6.45) is 0.0499. The number of methoxy groups -OCH3 is 1. The molecule has 0 amide bonds. The fourth-order valence-electron chi connectivity index (χ4n) is 2.45. The van der Waals surface area contributed by atoms with Crippen molar-refractivity contribution in [1.82, 2.24) is 0 Å². The molecule has 1 N–H and O–H groups in total. The van der Waals surface area contributed by atoms with Gasteiger partial charge < -0.3 is 9.84 Å². The molecule has 2 aromatic carbocycles. The van der Waals surface area contributed by atoms with Crippen LogP contribution in [-0.2, 0) is 6.42 Å². The van der Waals surface area contributed by atoms with Crippen LogP contribution in [-0.4, -0.2) is 12.2 Å². The van der Waals surface area contributed by atoms with E-state index in [0.717, 1.165) is 11.3 Å². The van der Waals surface area contributed by atoms with Crippen LogP contribution < -0.4 is 4.74 Å². The Morgan fingerprint density at radius 2 is 1.85 bits per heavy atom. The van der Waals surface area contributed by atoms with E-state index < -0.39 is 6.10 Å². The van der Waals surface area contributed by atoms with Crippen LogP contribution in [0.3, 0.4) is 0 Å². The third kappa shape index (κ3) is 2.42. The molecule has 0 aliphatic rings. The average molecular weight is 284 g/mol. The van der Waals surface area contributed by atoms with Gasteiger partial charge in [0.15, 0.2) is 0 Å². The Kier molecular flexibility index (Phi) is 3.72. The number of hydrogen-bond acceptors (Lipinski definition) is 3. The van der Waals surface area contributed by atoms with Crippen molar-refractivity contribution in [3.05, 3.63) is 65.0 Å². The SMILES string of the molecule is COc1ccccc1C(O)Cc1csc2ccccc12. The van der Waals surface area contributed by atoms with Crippen LogP contribution in [0.4, 0.5) is 0 Å². The Morgan fingerprint density at radius 1 is 1.10 bits per heavy atom. The number of aliphatic hydroxyl groups is 1. The Morgan fingerprint density at radius 3 is 2.70 bits per heavy atom. The molecule has 2 nitrogen and oxygen atoms in total. The van der Waals surface area contributed by atoms with Gasteiger partial charge >= 0.3 is 0 Å². The van der Waals surface area contributed by atoms with E-state index in [1.807, 2.05) is 36.4 Å². The van der Waals surface area contributed by atoms with Crippen molar-refractivity contribution in [1.29, 1.82) is 0 Å². The van der Waals surface area contributed by atoms with Crippen molar-refractivity contribution in [3.8, 4) is 5.75 Å². The lowest BCUT2D eigenvalue weighted by atomic mass is 10.0. The molecule has 20 heavy (non-hydrogen) atoms. The lowest BCUT2D eigenvalue weighted by molar-refractivity contribution is 0.174. The van der Waals surface area contributed by atoms with E-state index in [9.17, 15) is 5.11 Å². The van der Waals surface area contributed by atoms with E-state index in [0.29, 0.717) is 6.42 Å². The van der Waals surface area contributed by atoms with Gasteiger partial charge in [0.2, 0.25) is 0 Å². The van der Waals surface area contributed by atoms with Gasteiger partial charge in [-0.1, -0.05) is 36.4 Å². The molecule has 102 valence electrons. The lowest BCUT2D eigenvalue weighted by Crippen LogP contribution is -2.03. The predicted octanol–water partition coefficient (Wildman–Crippen LogP) is 4.19. The molecule has 1 aromatic heterocycles. The van der Waals surface area contributed by atoms with Crippen LogP contribution in [0.25, 0.3) is 10.1 Å². The summed E-state index contributed by atoms with van der Waals surface area (Å²) < 4.78 is 6.57. The Balaban J connectivity index is 1.90. The summed E-state index contributed by atoms with van der Waals surface area (Å²) in [4.78, 5) is 0. The van der Waals surface area contributed by atoms with Crippen LogP contribution in [0.5, 0.6) is 5.75 Å². The molecular formula is C17H16O2S. The minimum absolute atomic E-state index is 0.552. The Labute approximate surface area is 122 Å².